The largest absolute Gasteiger partial charge is 0.319 e. The van der Waals surface area contributed by atoms with E-state index in [1.807, 2.05) is 37.4 Å². The molecule has 0 aliphatic rings. The van der Waals surface area contributed by atoms with Gasteiger partial charge in [0.2, 0.25) is 0 Å². The average Bonchev–Trinajstić information content (AvgIpc) is 2.23. The van der Waals surface area contributed by atoms with Gasteiger partial charge in [0.15, 0.2) is 0 Å². The van der Waals surface area contributed by atoms with Crippen molar-refractivity contribution in [1.82, 2.24) is 5.32 Å². The van der Waals surface area contributed by atoms with Crippen molar-refractivity contribution in [2.24, 2.45) is 0 Å². The van der Waals surface area contributed by atoms with Gasteiger partial charge in [0.05, 0.1) is 0 Å². The van der Waals surface area contributed by atoms with Gasteiger partial charge in [-0.25, -0.2) is 0 Å². The molecule has 0 bridgehead atoms. The van der Waals surface area contributed by atoms with E-state index in [4.69, 9.17) is 0 Å². The highest BCUT2D eigenvalue weighted by molar-refractivity contribution is 5.12. The molecular weight excluding hydrogens is 170 g/mol. The first-order chi connectivity index (χ1) is 6.93. The van der Waals surface area contributed by atoms with Crippen molar-refractivity contribution >= 4 is 0 Å². The summed E-state index contributed by atoms with van der Waals surface area (Å²) in [5.41, 5.74) is 1.34. The molecular formula is C13H17N. The number of rotatable bonds is 3. The van der Waals surface area contributed by atoms with Crippen molar-refractivity contribution in [2.75, 3.05) is 13.6 Å². The third kappa shape index (κ3) is 4.63. The van der Waals surface area contributed by atoms with Gasteiger partial charge in [-0.2, -0.15) is 0 Å². The maximum atomic E-state index is 3.15. The van der Waals surface area contributed by atoms with Crippen LogP contribution in [0.3, 0.4) is 0 Å². The highest BCUT2D eigenvalue weighted by Gasteiger charge is 1.85. The minimum atomic E-state index is 1.02. The minimum Gasteiger partial charge on any atom is -0.319 e. The highest BCUT2D eigenvalue weighted by atomic mass is 14.8. The van der Waals surface area contributed by atoms with Crippen LogP contribution < -0.4 is 5.32 Å². The lowest BCUT2D eigenvalue weighted by Crippen LogP contribution is -2.09. The standard InChI is InChI=1S/C13H17N/c1-14-12-11-13-9-7-5-3-2-4-6-8-10-13/h2-10,14H,11-12H2,1H3. The zero-order valence-corrected chi connectivity index (χ0v) is 8.61. The van der Waals surface area contributed by atoms with Crippen LogP contribution in [0.15, 0.2) is 54.6 Å². The van der Waals surface area contributed by atoms with Crippen LogP contribution in [-0.4, -0.2) is 13.6 Å². The van der Waals surface area contributed by atoms with Gasteiger partial charge in [0.1, 0.15) is 0 Å². The molecule has 0 saturated heterocycles. The molecule has 0 radical (unpaired) electrons. The van der Waals surface area contributed by atoms with Crippen LogP contribution in [0, 0.1) is 0 Å². The summed E-state index contributed by atoms with van der Waals surface area (Å²) < 4.78 is 0. The van der Waals surface area contributed by atoms with Crippen molar-refractivity contribution in [1.29, 1.82) is 0 Å². The van der Waals surface area contributed by atoms with Crippen molar-refractivity contribution in [3.05, 3.63) is 60.2 Å². The predicted molar refractivity (Wildman–Crippen MR) is 61.7 cm³/mol. The average molecular weight is 187 g/mol. The van der Waals surface area contributed by atoms with E-state index >= 15 is 0 Å². The van der Waals surface area contributed by atoms with Crippen LogP contribution in [0.1, 0.15) is 5.56 Å². The molecule has 1 nitrogen and oxygen atoms in total. The zero-order valence-electron chi connectivity index (χ0n) is 8.61. The van der Waals surface area contributed by atoms with Crippen LogP contribution in [0.25, 0.3) is 0 Å². The summed E-state index contributed by atoms with van der Waals surface area (Å²) in [6.07, 6.45) is 1.06. The molecule has 1 aromatic carbocycles. The third-order valence-corrected chi connectivity index (χ3v) is 1.95. The fourth-order valence-electron chi connectivity index (χ4n) is 1.17. The molecule has 0 aliphatic heterocycles. The molecule has 0 fully saturated rings. The van der Waals surface area contributed by atoms with E-state index < -0.39 is 0 Å². The topological polar surface area (TPSA) is 12.0 Å². The fourth-order valence-corrected chi connectivity index (χ4v) is 1.17. The first-order valence-electron chi connectivity index (χ1n) is 4.95. The molecule has 1 rings (SSSR count). The maximum absolute atomic E-state index is 3.15. The normalized spacial score (nSPS) is 9.21. The Hall–Kier alpha value is -1.34. The Morgan fingerprint density at radius 2 is 1.36 bits per heavy atom. The fraction of sp³-hybridized carbons (Fsp3) is 0.231. The molecule has 1 heteroatoms. The van der Waals surface area contributed by atoms with Gasteiger partial charge >= 0.3 is 0 Å². The Labute approximate surface area is 86.1 Å². The Morgan fingerprint density at radius 3 is 1.86 bits per heavy atom. The molecule has 0 saturated carbocycles. The molecule has 14 heavy (non-hydrogen) atoms. The molecule has 0 unspecified atom stereocenters. The van der Waals surface area contributed by atoms with Crippen molar-refractivity contribution in [3.63, 3.8) is 0 Å². The molecule has 0 atom stereocenters. The molecule has 1 N–H and O–H groups in total. The summed E-state index contributed by atoms with van der Waals surface area (Å²) in [6, 6.07) is 18.6. The molecule has 0 amide bonds. The summed E-state index contributed by atoms with van der Waals surface area (Å²) in [5.74, 6) is 0. The van der Waals surface area contributed by atoms with Crippen LogP contribution in [-0.2, 0) is 6.42 Å². The second-order valence-corrected chi connectivity index (χ2v) is 3.11. The summed E-state index contributed by atoms with van der Waals surface area (Å²) in [7, 11) is 1.98. The second-order valence-electron chi connectivity index (χ2n) is 3.11. The van der Waals surface area contributed by atoms with Crippen LogP contribution in [0.4, 0.5) is 0 Å². The molecule has 74 valence electrons. The number of nitrogens with one attached hydrogen (secondary N) is 1. The van der Waals surface area contributed by atoms with Gasteiger partial charge in [-0.05, 0) is 25.6 Å². The first kappa shape index (κ1) is 10.7. The first-order valence-corrected chi connectivity index (χ1v) is 4.95. The maximum Gasteiger partial charge on any atom is -0.00114 e. The van der Waals surface area contributed by atoms with Gasteiger partial charge in [0.25, 0.3) is 0 Å². The Morgan fingerprint density at radius 1 is 0.857 bits per heavy atom. The van der Waals surface area contributed by atoms with E-state index in [2.05, 4.69) is 29.6 Å². The van der Waals surface area contributed by atoms with E-state index in [1.54, 1.807) is 0 Å². The van der Waals surface area contributed by atoms with E-state index in [1.165, 1.54) is 5.56 Å². The number of hydrogen-bond donors (Lipinski definition) is 1. The lowest BCUT2D eigenvalue weighted by molar-refractivity contribution is 0.792. The quantitative estimate of drug-likeness (QED) is 0.767. The van der Waals surface area contributed by atoms with Gasteiger partial charge in [-0.15, -0.1) is 0 Å². The monoisotopic (exact) mass is 187 g/mol. The summed E-state index contributed by atoms with van der Waals surface area (Å²) in [5, 5.41) is 3.15. The summed E-state index contributed by atoms with van der Waals surface area (Å²) >= 11 is 0. The zero-order chi connectivity index (χ0) is 10.1. The Bertz CT molecular complexity index is 281. The van der Waals surface area contributed by atoms with Crippen LogP contribution in [0.2, 0.25) is 0 Å². The van der Waals surface area contributed by atoms with Crippen molar-refractivity contribution < 1.29 is 0 Å². The lowest BCUT2D eigenvalue weighted by atomic mass is 10.2. The Balaban J connectivity index is 2.84. The highest BCUT2D eigenvalue weighted by Crippen LogP contribution is 1.95. The molecule has 0 heterocycles. The lowest BCUT2D eigenvalue weighted by Gasteiger charge is -1.96. The van der Waals surface area contributed by atoms with Gasteiger partial charge in [-0.1, -0.05) is 54.6 Å². The number of likely N-dealkylation sites (N-methyl/N-ethyl adjacent to an activating group) is 1. The van der Waals surface area contributed by atoms with Crippen molar-refractivity contribution in [3.8, 4) is 0 Å². The second kappa shape index (κ2) is 7.10. The van der Waals surface area contributed by atoms with Gasteiger partial charge in [0, 0.05) is 0 Å². The predicted octanol–water partition coefficient (Wildman–Crippen LogP) is 2.57. The summed E-state index contributed by atoms with van der Waals surface area (Å²) in [6.45, 7) is 1.02. The minimum absolute atomic E-state index is 1.02. The SMILES string of the molecule is CNCCc1ccccccccc1. The van der Waals surface area contributed by atoms with Gasteiger partial charge < -0.3 is 5.32 Å². The molecule has 0 spiro atoms. The van der Waals surface area contributed by atoms with E-state index in [-0.39, 0.29) is 0 Å². The molecule has 0 aliphatic carbocycles. The van der Waals surface area contributed by atoms with E-state index in [9.17, 15) is 0 Å². The third-order valence-electron chi connectivity index (χ3n) is 1.95. The molecule has 0 aromatic heterocycles. The Kier molecular flexibility index (Phi) is 5.45. The smallest absolute Gasteiger partial charge is 0.00114 e. The van der Waals surface area contributed by atoms with E-state index in [0.717, 1.165) is 13.0 Å². The van der Waals surface area contributed by atoms with E-state index in [0.29, 0.717) is 0 Å². The number of hydrogen-bond acceptors (Lipinski definition) is 1. The van der Waals surface area contributed by atoms with Crippen molar-refractivity contribution in [2.45, 2.75) is 6.42 Å². The molecule has 1 aromatic rings. The van der Waals surface area contributed by atoms with Crippen LogP contribution in [0.5, 0.6) is 0 Å². The summed E-state index contributed by atoms with van der Waals surface area (Å²) in [4.78, 5) is 0. The van der Waals surface area contributed by atoms with Gasteiger partial charge in [-0.3, -0.25) is 0 Å². The van der Waals surface area contributed by atoms with Crippen LogP contribution >= 0.6 is 0 Å².